The van der Waals surface area contributed by atoms with Gasteiger partial charge in [-0.3, -0.25) is 9.78 Å². The van der Waals surface area contributed by atoms with E-state index in [2.05, 4.69) is 10.3 Å². The minimum atomic E-state index is -3.85. The molecule has 6 nitrogen and oxygen atoms in total. The molecule has 0 aliphatic carbocycles. The SMILES string of the molecule is O=C(Nc1cccnc1)[C@H]1CCCN1S(=O)(=O)c1ccc(Cl)c(Cl)c1. The van der Waals surface area contributed by atoms with Crippen molar-refractivity contribution in [3.63, 3.8) is 0 Å². The zero-order chi connectivity index (χ0) is 18.0. The third-order valence-electron chi connectivity index (χ3n) is 3.93. The van der Waals surface area contributed by atoms with E-state index in [1.807, 2.05) is 0 Å². The van der Waals surface area contributed by atoms with Crippen LogP contribution in [0.4, 0.5) is 5.69 Å². The number of aromatic nitrogens is 1. The molecule has 0 bridgehead atoms. The first-order valence-corrected chi connectivity index (χ1v) is 9.77. The first kappa shape index (κ1) is 18.1. The maximum Gasteiger partial charge on any atom is 0.243 e. The lowest BCUT2D eigenvalue weighted by Crippen LogP contribution is -2.43. The molecule has 1 N–H and O–H groups in total. The number of rotatable bonds is 4. The van der Waals surface area contributed by atoms with Crippen LogP contribution >= 0.6 is 23.2 Å². The number of hydrogen-bond donors (Lipinski definition) is 1. The van der Waals surface area contributed by atoms with Gasteiger partial charge in [0.25, 0.3) is 0 Å². The van der Waals surface area contributed by atoms with Crippen molar-refractivity contribution >= 4 is 44.8 Å². The van der Waals surface area contributed by atoms with Gasteiger partial charge in [-0.05, 0) is 43.2 Å². The van der Waals surface area contributed by atoms with Crippen molar-refractivity contribution in [3.05, 3.63) is 52.8 Å². The summed E-state index contributed by atoms with van der Waals surface area (Å²) in [6.45, 7) is 0.272. The molecule has 1 aliphatic heterocycles. The molecule has 1 aromatic carbocycles. The Morgan fingerprint density at radius 2 is 2.04 bits per heavy atom. The smallest absolute Gasteiger partial charge is 0.243 e. The number of halogens is 2. The second-order valence-electron chi connectivity index (χ2n) is 5.58. The molecule has 0 saturated carbocycles. The fourth-order valence-corrected chi connectivity index (χ4v) is 4.77. The predicted octanol–water partition coefficient (Wildman–Crippen LogP) is 3.18. The Kier molecular flexibility index (Phi) is 5.29. The summed E-state index contributed by atoms with van der Waals surface area (Å²) in [5.74, 6) is -0.380. The van der Waals surface area contributed by atoms with Gasteiger partial charge in [-0.1, -0.05) is 23.2 Å². The van der Waals surface area contributed by atoms with E-state index < -0.39 is 16.1 Å². The molecule has 25 heavy (non-hydrogen) atoms. The first-order chi connectivity index (χ1) is 11.9. The van der Waals surface area contributed by atoms with E-state index in [0.29, 0.717) is 18.5 Å². The molecular formula is C16H15Cl2N3O3S. The Balaban J connectivity index is 1.85. The van der Waals surface area contributed by atoms with E-state index >= 15 is 0 Å². The topological polar surface area (TPSA) is 79.4 Å². The summed E-state index contributed by atoms with van der Waals surface area (Å²) in [7, 11) is -3.85. The molecule has 1 aliphatic rings. The lowest BCUT2D eigenvalue weighted by atomic mass is 10.2. The largest absolute Gasteiger partial charge is 0.323 e. The van der Waals surface area contributed by atoms with Crippen molar-refractivity contribution in [2.45, 2.75) is 23.8 Å². The van der Waals surface area contributed by atoms with Gasteiger partial charge >= 0.3 is 0 Å². The number of hydrogen-bond acceptors (Lipinski definition) is 4. The maximum absolute atomic E-state index is 12.9. The Bertz CT molecular complexity index is 891. The molecule has 0 unspecified atom stereocenters. The van der Waals surface area contributed by atoms with Crippen LogP contribution in [0.25, 0.3) is 0 Å². The van der Waals surface area contributed by atoms with Crippen LogP contribution in [0.1, 0.15) is 12.8 Å². The van der Waals surface area contributed by atoms with Gasteiger partial charge in [0.15, 0.2) is 0 Å². The molecule has 9 heteroatoms. The summed E-state index contributed by atoms with van der Waals surface area (Å²) in [5.41, 5.74) is 0.520. The zero-order valence-corrected chi connectivity index (χ0v) is 15.4. The van der Waals surface area contributed by atoms with Gasteiger partial charge in [0.2, 0.25) is 15.9 Å². The van der Waals surface area contributed by atoms with Gasteiger partial charge in [0.1, 0.15) is 6.04 Å². The Morgan fingerprint density at radius 1 is 1.24 bits per heavy atom. The fraction of sp³-hybridized carbons (Fsp3) is 0.250. The highest BCUT2D eigenvalue weighted by molar-refractivity contribution is 7.89. The third-order valence-corrected chi connectivity index (χ3v) is 6.58. The zero-order valence-electron chi connectivity index (χ0n) is 13.0. The van der Waals surface area contributed by atoms with Crippen molar-refractivity contribution in [2.75, 3.05) is 11.9 Å². The highest BCUT2D eigenvalue weighted by atomic mass is 35.5. The van der Waals surface area contributed by atoms with Crippen molar-refractivity contribution in [2.24, 2.45) is 0 Å². The summed E-state index contributed by atoms with van der Waals surface area (Å²) in [6, 6.07) is 6.72. The molecule has 0 spiro atoms. The van der Waals surface area contributed by atoms with Crippen molar-refractivity contribution in [1.82, 2.24) is 9.29 Å². The lowest BCUT2D eigenvalue weighted by Gasteiger charge is -2.23. The molecule has 1 aromatic heterocycles. The Labute approximate surface area is 155 Å². The van der Waals surface area contributed by atoms with Crippen LogP contribution in [0.2, 0.25) is 10.0 Å². The second-order valence-corrected chi connectivity index (χ2v) is 8.29. The van der Waals surface area contributed by atoms with Crippen LogP contribution in [-0.4, -0.2) is 36.2 Å². The average Bonchev–Trinajstić information content (AvgIpc) is 3.09. The molecule has 1 saturated heterocycles. The monoisotopic (exact) mass is 399 g/mol. The standard InChI is InChI=1S/C16H15Cl2N3O3S/c17-13-6-5-12(9-14(13)18)25(23,24)21-8-2-4-15(21)16(22)20-11-3-1-7-19-10-11/h1,3,5-7,9-10,15H,2,4,8H2,(H,20,22)/t15-/m1/s1. The molecular weight excluding hydrogens is 385 g/mol. The minimum absolute atomic E-state index is 0.0166. The summed E-state index contributed by atoms with van der Waals surface area (Å²) in [5, 5.41) is 3.13. The van der Waals surface area contributed by atoms with E-state index in [-0.39, 0.29) is 27.4 Å². The van der Waals surface area contributed by atoms with E-state index in [4.69, 9.17) is 23.2 Å². The number of nitrogens with one attached hydrogen (secondary N) is 1. The van der Waals surface area contributed by atoms with E-state index in [1.165, 1.54) is 28.7 Å². The number of carbonyl (C=O) groups is 1. The number of amides is 1. The number of pyridine rings is 1. The van der Waals surface area contributed by atoms with Crippen LogP contribution in [0, 0.1) is 0 Å². The number of carbonyl (C=O) groups excluding carboxylic acids is 1. The summed E-state index contributed by atoms with van der Waals surface area (Å²) >= 11 is 11.8. The van der Waals surface area contributed by atoms with Crippen LogP contribution in [0.15, 0.2) is 47.6 Å². The van der Waals surface area contributed by atoms with Gasteiger partial charge in [-0.25, -0.2) is 8.42 Å². The highest BCUT2D eigenvalue weighted by Gasteiger charge is 2.39. The van der Waals surface area contributed by atoms with Crippen LogP contribution < -0.4 is 5.32 Å². The van der Waals surface area contributed by atoms with Crippen LogP contribution in [-0.2, 0) is 14.8 Å². The number of nitrogens with zero attached hydrogens (tertiary/aromatic N) is 2. The van der Waals surface area contributed by atoms with E-state index in [9.17, 15) is 13.2 Å². The molecule has 132 valence electrons. The summed E-state index contributed by atoms with van der Waals surface area (Å²) in [6.07, 6.45) is 4.15. The third kappa shape index (κ3) is 3.79. The minimum Gasteiger partial charge on any atom is -0.323 e. The van der Waals surface area contributed by atoms with Crippen LogP contribution in [0.5, 0.6) is 0 Å². The maximum atomic E-state index is 12.9. The molecule has 1 amide bonds. The van der Waals surface area contributed by atoms with Crippen molar-refractivity contribution in [3.8, 4) is 0 Å². The summed E-state index contributed by atoms with van der Waals surface area (Å²) in [4.78, 5) is 16.5. The van der Waals surface area contributed by atoms with Gasteiger partial charge < -0.3 is 5.32 Å². The van der Waals surface area contributed by atoms with Crippen molar-refractivity contribution < 1.29 is 13.2 Å². The number of anilines is 1. The van der Waals surface area contributed by atoms with E-state index in [1.54, 1.807) is 18.3 Å². The normalized spacial score (nSPS) is 18.2. The van der Waals surface area contributed by atoms with Gasteiger partial charge in [0, 0.05) is 12.7 Å². The highest BCUT2D eigenvalue weighted by Crippen LogP contribution is 2.30. The average molecular weight is 400 g/mol. The quantitative estimate of drug-likeness (QED) is 0.855. The van der Waals surface area contributed by atoms with Crippen molar-refractivity contribution in [1.29, 1.82) is 0 Å². The predicted molar refractivity (Wildman–Crippen MR) is 96.2 cm³/mol. The molecule has 2 heterocycles. The van der Waals surface area contributed by atoms with Gasteiger partial charge in [-0.2, -0.15) is 4.31 Å². The fourth-order valence-electron chi connectivity index (χ4n) is 2.72. The van der Waals surface area contributed by atoms with E-state index in [0.717, 1.165) is 0 Å². The van der Waals surface area contributed by atoms with Gasteiger partial charge in [-0.15, -0.1) is 0 Å². The Morgan fingerprint density at radius 3 is 2.72 bits per heavy atom. The summed E-state index contributed by atoms with van der Waals surface area (Å²) < 4.78 is 27.0. The molecule has 1 atom stereocenters. The molecule has 1 fully saturated rings. The number of benzene rings is 1. The number of sulfonamides is 1. The van der Waals surface area contributed by atoms with Gasteiger partial charge in [0.05, 0.1) is 26.8 Å². The lowest BCUT2D eigenvalue weighted by molar-refractivity contribution is -0.119. The molecule has 2 aromatic rings. The Hall–Kier alpha value is -1.67. The molecule has 3 rings (SSSR count). The first-order valence-electron chi connectivity index (χ1n) is 7.57. The van der Waals surface area contributed by atoms with Crippen LogP contribution in [0.3, 0.4) is 0 Å². The second kappa shape index (κ2) is 7.29. The molecule has 0 radical (unpaired) electrons.